The minimum atomic E-state index is -0.821. The van der Waals surface area contributed by atoms with Gasteiger partial charge in [0.25, 0.3) is 0 Å². The number of hydrogen-bond acceptors (Lipinski definition) is 5. The molecule has 78 valence electrons. The Morgan fingerprint density at radius 2 is 1.79 bits per heavy atom. The van der Waals surface area contributed by atoms with Crippen molar-refractivity contribution in [1.29, 1.82) is 0 Å². The fourth-order valence-electron chi connectivity index (χ4n) is 0.642. The van der Waals surface area contributed by atoms with Gasteiger partial charge in [-0.15, -0.1) is 0 Å². The highest BCUT2D eigenvalue weighted by Crippen LogP contribution is 1.96. The molecule has 0 N–H and O–H groups in total. The Balaban J connectivity index is 3.68. The first-order valence-corrected chi connectivity index (χ1v) is 4.12. The molecule has 0 aliphatic heterocycles. The summed E-state index contributed by atoms with van der Waals surface area (Å²) in [4.78, 5) is 32.1. The Kier molecular flexibility index (Phi) is 6.02. The van der Waals surface area contributed by atoms with Crippen molar-refractivity contribution in [2.75, 3.05) is 6.61 Å². The smallest absolute Gasteiger partial charge is 0.337 e. The molecule has 14 heavy (non-hydrogen) atoms. The molecular formula is C9H12O5. The van der Waals surface area contributed by atoms with Crippen LogP contribution in [0.3, 0.4) is 0 Å². The lowest BCUT2D eigenvalue weighted by Gasteiger charge is -2.00. The molecule has 0 amide bonds. The van der Waals surface area contributed by atoms with E-state index in [1.165, 1.54) is 0 Å². The molecule has 5 nitrogen and oxygen atoms in total. The predicted octanol–water partition coefficient (Wildman–Crippen LogP) is 0.585. The van der Waals surface area contributed by atoms with E-state index in [-0.39, 0.29) is 19.4 Å². The summed E-state index contributed by atoms with van der Waals surface area (Å²) in [7, 11) is 0. The van der Waals surface area contributed by atoms with Gasteiger partial charge in [-0.05, 0) is 6.92 Å². The van der Waals surface area contributed by atoms with Crippen molar-refractivity contribution in [2.24, 2.45) is 0 Å². The molecule has 0 bridgehead atoms. The first-order valence-electron chi connectivity index (χ1n) is 4.12. The van der Waals surface area contributed by atoms with Crippen molar-refractivity contribution < 1.29 is 23.9 Å². The third kappa shape index (κ3) is 5.93. The molecule has 0 saturated carbocycles. The summed E-state index contributed by atoms with van der Waals surface area (Å²) in [5.41, 5.74) is 0. The van der Waals surface area contributed by atoms with E-state index in [9.17, 15) is 14.4 Å². The van der Waals surface area contributed by atoms with Gasteiger partial charge in [-0.25, -0.2) is 4.79 Å². The first-order chi connectivity index (χ1) is 6.60. The molecule has 0 saturated heterocycles. The van der Waals surface area contributed by atoms with Gasteiger partial charge in [0.05, 0.1) is 19.4 Å². The van der Waals surface area contributed by atoms with Gasteiger partial charge in [-0.2, -0.15) is 0 Å². The second kappa shape index (κ2) is 6.82. The summed E-state index contributed by atoms with van der Waals surface area (Å²) in [6.45, 7) is 5.05. The van der Waals surface area contributed by atoms with E-state index >= 15 is 0 Å². The Bertz CT molecular complexity index is 244. The molecule has 0 unspecified atom stereocenters. The van der Waals surface area contributed by atoms with Crippen LogP contribution in [0.4, 0.5) is 0 Å². The van der Waals surface area contributed by atoms with Gasteiger partial charge < -0.3 is 9.47 Å². The lowest BCUT2D eigenvalue weighted by atomic mass is 10.3. The highest BCUT2D eigenvalue weighted by Gasteiger charge is 2.10. The number of carbonyl (C=O) groups excluding carboxylic acids is 3. The van der Waals surface area contributed by atoms with Gasteiger partial charge >= 0.3 is 17.9 Å². The average Bonchev–Trinajstić information content (AvgIpc) is 2.15. The van der Waals surface area contributed by atoms with Gasteiger partial charge in [0.1, 0.15) is 0 Å². The Morgan fingerprint density at radius 1 is 1.21 bits per heavy atom. The largest absolute Gasteiger partial charge is 0.466 e. The maximum atomic E-state index is 10.8. The average molecular weight is 200 g/mol. The minimum Gasteiger partial charge on any atom is -0.466 e. The fraction of sp³-hybridized carbons (Fsp3) is 0.444. The van der Waals surface area contributed by atoms with Crippen molar-refractivity contribution in [3.8, 4) is 0 Å². The normalized spacial score (nSPS) is 8.93. The highest BCUT2D eigenvalue weighted by atomic mass is 16.6. The van der Waals surface area contributed by atoms with Crippen LogP contribution < -0.4 is 0 Å². The van der Waals surface area contributed by atoms with Crippen molar-refractivity contribution >= 4 is 17.9 Å². The molecule has 0 spiro atoms. The second-order valence-electron chi connectivity index (χ2n) is 2.30. The van der Waals surface area contributed by atoms with Crippen LogP contribution in [-0.4, -0.2) is 24.5 Å². The van der Waals surface area contributed by atoms with Crippen molar-refractivity contribution in [1.82, 2.24) is 0 Å². The summed E-state index contributed by atoms with van der Waals surface area (Å²) >= 11 is 0. The number of ether oxygens (including phenoxy) is 2. The molecule has 0 aromatic rings. The van der Waals surface area contributed by atoms with Crippen LogP contribution in [0.2, 0.25) is 0 Å². The zero-order valence-corrected chi connectivity index (χ0v) is 7.95. The number of esters is 3. The maximum absolute atomic E-state index is 10.8. The van der Waals surface area contributed by atoms with Gasteiger partial charge in [0, 0.05) is 6.08 Å². The fourth-order valence-corrected chi connectivity index (χ4v) is 0.642. The molecule has 0 aliphatic carbocycles. The van der Waals surface area contributed by atoms with E-state index in [4.69, 9.17) is 0 Å². The number of rotatable bonds is 5. The molecule has 0 aromatic carbocycles. The third-order valence-electron chi connectivity index (χ3n) is 1.22. The van der Waals surface area contributed by atoms with Crippen LogP contribution >= 0.6 is 0 Å². The number of carbonyl (C=O) groups is 3. The van der Waals surface area contributed by atoms with Gasteiger partial charge in [0.2, 0.25) is 0 Å². The van der Waals surface area contributed by atoms with E-state index in [2.05, 4.69) is 16.1 Å². The molecular weight excluding hydrogens is 188 g/mol. The third-order valence-corrected chi connectivity index (χ3v) is 1.22. The quantitative estimate of drug-likeness (QED) is 0.369. The van der Waals surface area contributed by atoms with Crippen LogP contribution in [0.25, 0.3) is 0 Å². The molecule has 0 radical (unpaired) electrons. The van der Waals surface area contributed by atoms with Crippen LogP contribution in [0.1, 0.15) is 19.8 Å². The van der Waals surface area contributed by atoms with E-state index < -0.39 is 17.9 Å². The van der Waals surface area contributed by atoms with E-state index in [1.54, 1.807) is 6.92 Å². The summed E-state index contributed by atoms with van der Waals surface area (Å²) in [5, 5.41) is 0. The van der Waals surface area contributed by atoms with E-state index in [1.807, 2.05) is 0 Å². The lowest BCUT2D eigenvalue weighted by Crippen LogP contribution is -2.12. The van der Waals surface area contributed by atoms with Gasteiger partial charge in [-0.1, -0.05) is 6.58 Å². The highest BCUT2D eigenvalue weighted by molar-refractivity contribution is 5.92. The SMILES string of the molecule is C=CC(=O)OC(=O)CCC(=O)OCC. The second-order valence-corrected chi connectivity index (χ2v) is 2.30. The molecule has 0 fully saturated rings. The van der Waals surface area contributed by atoms with E-state index in [0.717, 1.165) is 6.08 Å². The standard InChI is InChI=1S/C9H12O5/c1-3-7(10)14-9(12)6-5-8(11)13-4-2/h3H,1,4-6H2,2H3. The Morgan fingerprint density at radius 3 is 2.29 bits per heavy atom. The Hall–Kier alpha value is -1.65. The van der Waals surface area contributed by atoms with Gasteiger partial charge in [-0.3, -0.25) is 9.59 Å². The predicted molar refractivity (Wildman–Crippen MR) is 47.2 cm³/mol. The molecule has 0 atom stereocenters. The zero-order chi connectivity index (χ0) is 11.0. The first kappa shape index (κ1) is 12.3. The monoisotopic (exact) mass is 200 g/mol. The molecule has 5 heteroatoms. The molecule has 0 aromatic heterocycles. The van der Waals surface area contributed by atoms with Crippen molar-refractivity contribution in [3.63, 3.8) is 0 Å². The maximum Gasteiger partial charge on any atom is 0.337 e. The zero-order valence-electron chi connectivity index (χ0n) is 7.95. The summed E-state index contributed by atoms with van der Waals surface area (Å²) in [6, 6.07) is 0. The van der Waals surface area contributed by atoms with Crippen molar-refractivity contribution in [2.45, 2.75) is 19.8 Å². The van der Waals surface area contributed by atoms with Crippen LogP contribution in [0.5, 0.6) is 0 Å². The topological polar surface area (TPSA) is 69.7 Å². The molecule has 0 aliphatic rings. The van der Waals surface area contributed by atoms with Crippen LogP contribution in [-0.2, 0) is 23.9 Å². The molecule has 0 heterocycles. The summed E-state index contributed by atoms with van der Waals surface area (Å²) < 4.78 is 8.80. The Labute approximate surface area is 81.7 Å². The number of hydrogen-bond donors (Lipinski definition) is 0. The lowest BCUT2D eigenvalue weighted by molar-refractivity contribution is -0.158. The minimum absolute atomic E-state index is 0.0862. The summed E-state index contributed by atoms with van der Waals surface area (Å²) in [6.07, 6.45) is 0.623. The van der Waals surface area contributed by atoms with E-state index in [0.29, 0.717) is 0 Å². The van der Waals surface area contributed by atoms with Crippen molar-refractivity contribution in [3.05, 3.63) is 12.7 Å². The van der Waals surface area contributed by atoms with Crippen LogP contribution in [0.15, 0.2) is 12.7 Å². The van der Waals surface area contributed by atoms with Crippen LogP contribution in [0, 0.1) is 0 Å². The summed E-state index contributed by atoms with van der Waals surface area (Å²) in [5.74, 6) is -2.07. The van der Waals surface area contributed by atoms with Gasteiger partial charge in [0.15, 0.2) is 0 Å². The molecule has 0 rings (SSSR count).